The molecule has 3 nitrogen and oxygen atoms in total. The van der Waals surface area contributed by atoms with Gasteiger partial charge < -0.3 is 10.1 Å². The van der Waals surface area contributed by atoms with Crippen molar-refractivity contribution in [1.29, 1.82) is 0 Å². The van der Waals surface area contributed by atoms with Gasteiger partial charge in [-0.25, -0.2) is 0 Å². The summed E-state index contributed by atoms with van der Waals surface area (Å²) in [7, 11) is 0. The summed E-state index contributed by atoms with van der Waals surface area (Å²) < 4.78 is 0. The molecule has 26 heavy (non-hydrogen) atoms. The molecule has 4 heteroatoms. The standard InChI is InChI=1S/C17H10N.C5H8O2.Ir/c1-4-8-15-12(5-1)9-10-16-14-7-3-2-6-13(14)11-18-17(15)16;1-4(6)3-5(2)7;/h1-7,9-11H;3,6H,1-2H3;/q-1;;/p+1/b;4-3-;. The largest absolute Gasteiger partial charge is 0.512 e. The van der Waals surface area contributed by atoms with Gasteiger partial charge in [0.25, 0.3) is 0 Å². The molecule has 0 fully saturated rings. The first-order valence-electron chi connectivity index (χ1n) is 8.03. The maximum absolute atomic E-state index is 8.40. The molecule has 1 aromatic heterocycles. The summed E-state index contributed by atoms with van der Waals surface area (Å²) in [4.78, 5) is 13.0. The molecule has 1 heterocycles. The minimum atomic E-state index is 0. The van der Waals surface area contributed by atoms with Crippen molar-refractivity contribution in [3.63, 3.8) is 0 Å². The van der Waals surface area contributed by atoms with Crippen LogP contribution < -0.4 is 0 Å². The van der Waals surface area contributed by atoms with Gasteiger partial charge in [-0.2, -0.15) is 0 Å². The van der Waals surface area contributed by atoms with Gasteiger partial charge in [0, 0.05) is 26.3 Å². The van der Waals surface area contributed by atoms with Gasteiger partial charge in [-0.3, -0.25) is 4.79 Å². The fourth-order valence-electron chi connectivity index (χ4n) is 2.82. The molecule has 3 aromatic carbocycles. The fraction of sp³-hybridized carbons (Fsp3) is 0.0909. The van der Waals surface area contributed by atoms with Crippen molar-refractivity contribution in [2.75, 3.05) is 0 Å². The van der Waals surface area contributed by atoms with E-state index in [1.807, 2.05) is 24.4 Å². The molecule has 1 radical (unpaired) electrons. The first-order chi connectivity index (χ1) is 12.1. The molecule has 0 aliphatic rings. The number of benzene rings is 3. The monoisotopic (exact) mass is 522 g/mol. The predicted molar refractivity (Wildman–Crippen MR) is 105 cm³/mol. The number of carbonyl (C=O) groups excluding carboxylic acids is 1. The van der Waals surface area contributed by atoms with E-state index < -0.39 is 0 Å². The van der Waals surface area contributed by atoms with Crippen LogP contribution in [0.5, 0.6) is 0 Å². The van der Waals surface area contributed by atoms with Gasteiger partial charge in [-0.05, 0) is 28.6 Å². The van der Waals surface area contributed by atoms with Crippen LogP contribution in [0.15, 0.2) is 72.6 Å². The van der Waals surface area contributed by atoms with Crippen LogP contribution in [0, 0.1) is 6.07 Å². The third-order valence-corrected chi connectivity index (χ3v) is 3.81. The number of nitrogens with zero attached hydrogens (tertiary/aromatic N) is 1. The van der Waals surface area contributed by atoms with E-state index in [1.165, 1.54) is 41.5 Å². The minimum Gasteiger partial charge on any atom is -0.512 e. The Morgan fingerprint density at radius 2 is 1.73 bits per heavy atom. The molecular formula is C22H19IrNO2. The van der Waals surface area contributed by atoms with Gasteiger partial charge in [0.15, 0.2) is 0 Å². The summed E-state index contributed by atoms with van der Waals surface area (Å²) >= 11 is 0. The van der Waals surface area contributed by atoms with Crippen molar-refractivity contribution < 1.29 is 30.0 Å². The maximum atomic E-state index is 8.40. The summed E-state index contributed by atoms with van der Waals surface area (Å²) in [6.45, 7) is 3.00. The Kier molecular flexibility index (Phi) is 6.62. The van der Waals surface area contributed by atoms with E-state index in [1.54, 1.807) is 0 Å². The van der Waals surface area contributed by atoms with Crippen molar-refractivity contribution in [3.05, 3.63) is 78.7 Å². The van der Waals surface area contributed by atoms with Crippen LogP contribution in [0.25, 0.3) is 32.4 Å². The van der Waals surface area contributed by atoms with E-state index in [4.69, 9.17) is 9.90 Å². The van der Waals surface area contributed by atoms with E-state index >= 15 is 0 Å². The Morgan fingerprint density at radius 1 is 1.00 bits per heavy atom. The summed E-state index contributed by atoms with van der Waals surface area (Å²) in [6.07, 6.45) is 3.22. The number of ketones is 1. The number of aliphatic hydroxyl groups excluding tert-OH is 1. The van der Waals surface area contributed by atoms with Crippen LogP contribution in [-0.2, 0) is 20.1 Å². The Labute approximate surface area is 165 Å². The summed E-state index contributed by atoms with van der Waals surface area (Å²) in [5, 5.41) is 14.3. The molecule has 0 bridgehead atoms. The second kappa shape index (κ2) is 8.70. The Hall–Kier alpha value is -2.55. The molecular weight excluding hydrogens is 502 g/mol. The SMILES string of the molecule is CC(=[OH+])/C=C(/C)O.[Ir].[c-]1cccc2ccc3c4ccccc4cnc3c12. The van der Waals surface area contributed by atoms with Gasteiger partial charge in [-0.1, -0.05) is 36.4 Å². The maximum Gasteiger partial charge on any atom is 0.316 e. The quantitative estimate of drug-likeness (QED) is 0.121. The number of allylic oxidation sites excluding steroid dienone is 2. The second-order valence-corrected chi connectivity index (χ2v) is 5.87. The van der Waals surface area contributed by atoms with Gasteiger partial charge in [-0.15, -0.1) is 35.0 Å². The van der Waals surface area contributed by atoms with Gasteiger partial charge in [0.2, 0.25) is 0 Å². The average molecular weight is 522 g/mol. The van der Waals surface area contributed by atoms with Crippen molar-refractivity contribution in [3.8, 4) is 0 Å². The van der Waals surface area contributed by atoms with E-state index in [2.05, 4.69) is 47.4 Å². The molecule has 0 spiro atoms. The van der Waals surface area contributed by atoms with E-state index in [0.717, 1.165) is 10.9 Å². The van der Waals surface area contributed by atoms with Crippen LogP contribution in [0.4, 0.5) is 0 Å². The zero-order valence-electron chi connectivity index (χ0n) is 14.5. The Bertz CT molecular complexity index is 1020. The van der Waals surface area contributed by atoms with Crippen LogP contribution in [-0.4, -0.2) is 20.7 Å². The minimum absolute atomic E-state index is 0. The number of rotatable bonds is 1. The average Bonchev–Trinajstić information content (AvgIpc) is 2.60. The fourth-order valence-corrected chi connectivity index (χ4v) is 2.82. The van der Waals surface area contributed by atoms with Crippen LogP contribution in [0.3, 0.4) is 0 Å². The third-order valence-electron chi connectivity index (χ3n) is 3.81. The molecule has 0 saturated heterocycles. The first kappa shape index (κ1) is 19.8. The van der Waals surface area contributed by atoms with Gasteiger partial charge in [0.1, 0.15) is 0 Å². The number of fused-ring (bicyclic) bond motifs is 5. The molecule has 133 valence electrons. The van der Waals surface area contributed by atoms with Crippen LogP contribution >= 0.6 is 0 Å². The van der Waals surface area contributed by atoms with Gasteiger partial charge in [0.05, 0.1) is 18.8 Å². The third kappa shape index (κ3) is 4.34. The molecule has 4 rings (SSSR count). The summed E-state index contributed by atoms with van der Waals surface area (Å²) in [5.41, 5.74) is 1.03. The molecule has 0 unspecified atom stereocenters. The molecule has 4 aromatic rings. The first-order valence-corrected chi connectivity index (χ1v) is 8.03. The Morgan fingerprint density at radius 3 is 2.42 bits per heavy atom. The number of hydrogen-bond acceptors (Lipinski definition) is 2. The molecule has 0 atom stereocenters. The molecule has 0 aliphatic heterocycles. The summed E-state index contributed by atoms with van der Waals surface area (Å²) in [6, 6.07) is 22.0. The molecule has 0 aliphatic carbocycles. The van der Waals surface area contributed by atoms with E-state index in [9.17, 15) is 0 Å². The second-order valence-electron chi connectivity index (χ2n) is 5.87. The smallest absolute Gasteiger partial charge is 0.316 e. The summed E-state index contributed by atoms with van der Waals surface area (Å²) in [5.74, 6) is 0.250. The van der Waals surface area contributed by atoms with Crippen molar-refractivity contribution in [2.24, 2.45) is 0 Å². The van der Waals surface area contributed by atoms with Crippen molar-refractivity contribution >= 4 is 38.2 Å². The molecule has 0 amide bonds. The van der Waals surface area contributed by atoms with Crippen LogP contribution in [0.1, 0.15) is 13.8 Å². The van der Waals surface area contributed by atoms with E-state index in [-0.39, 0.29) is 31.6 Å². The predicted octanol–water partition coefficient (Wildman–Crippen LogP) is 5.35. The number of aromatic nitrogens is 1. The zero-order valence-corrected chi connectivity index (χ0v) is 16.9. The zero-order chi connectivity index (χ0) is 17.8. The number of pyridine rings is 1. The Balaban J connectivity index is 0.000000265. The topological polar surface area (TPSA) is 54.5 Å². The number of hydrogen-bond donors (Lipinski definition) is 1. The van der Waals surface area contributed by atoms with Gasteiger partial charge >= 0.3 is 5.78 Å². The number of aliphatic hydroxyl groups is 1. The molecule has 2 N–H and O–H groups in total. The van der Waals surface area contributed by atoms with Crippen molar-refractivity contribution in [1.82, 2.24) is 4.98 Å². The van der Waals surface area contributed by atoms with Crippen molar-refractivity contribution in [2.45, 2.75) is 13.8 Å². The van der Waals surface area contributed by atoms with E-state index in [0.29, 0.717) is 0 Å². The normalized spacial score (nSPS) is 10.9. The van der Waals surface area contributed by atoms with Crippen LogP contribution in [0.2, 0.25) is 0 Å². The molecule has 0 saturated carbocycles.